The molecule has 0 unspecified atom stereocenters. The quantitative estimate of drug-likeness (QED) is 0.671. The highest BCUT2D eigenvalue weighted by atomic mass is 19.3. The minimum Gasteiger partial charge on any atom is -0.457 e. The first-order valence-electron chi connectivity index (χ1n) is 11.7. The van der Waals surface area contributed by atoms with Crippen molar-refractivity contribution in [2.45, 2.75) is 83.8 Å². The molecule has 1 aliphatic heterocycles. The van der Waals surface area contributed by atoms with Crippen LogP contribution in [0, 0.1) is 5.92 Å². The maximum Gasteiger partial charge on any atom is 0.407 e. The molecular formula is C23H36F2N4O3. The molecule has 0 aromatic carbocycles. The Labute approximate surface area is 189 Å². The van der Waals surface area contributed by atoms with Gasteiger partial charge in [-0.1, -0.05) is 0 Å². The van der Waals surface area contributed by atoms with E-state index in [1.165, 1.54) is 0 Å². The number of rotatable bonds is 7. The molecule has 0 atom stereocenters. The van der Waals surface area contributed by atoms with E-state index < -0.39 is 18.6 Å². The third-order valence-corrected chi connectivity index (χ3v) is 6.05. The second-order valence-corrected chi connectivity index (χ2v) is 9.82. The average Bonchev–Trinajstić information content (AvgIpc) is 2.92. The van der Waals surface area contributed by atoms with Crippen molar-refractivity contribution in [1.29, 1.82) is 0 Å². The van der Waals surface area contributed by atoms with Gasteiger partial charge in [0.15, 0.2) is 6.61 Å². The molecule has 1 saturated carbocycles. The van der Waals surface area contributed by atoms with Crippen molar-refractivity contribution in [1.82, 2.24) is 20.2 Å². The van der Waals surface area contributed by atoms with Crippen LogP contribution in [-0.4, -0.2) is 65.3 Å². The second-order valence-electron chi connectivity index (χ2n) is 9.82. The summed E-state index contributed by atoms with van der Waals surface area (Å²) in [5.74, 6) is 0.673. The Morgan fingerprint density at radius 2 is 1.94 bits per heavy atom. The highest BCUT2D eigenvalue weighted by Gasteiger charge is 2.25. The van der Waals surface area contributed by atoms with Crippen LogP contribution in [0.1, 0.15) is 64.1 Å². The first kappa shape index (κ1) is 24.6. The van der Waals surface area contributed by atoms with Crippen LogP contribution in [0.5, 0.6) is 6.01 Å². The monoisotopic (exact) mass is 454 g/mol. The molecule has 1 N–H and O–H groups in total. The summed E-state index contributed by atoms with van der Waals surface area (Å²) in [5.41, 5.74) is 1.51. The molecule has 32 heavy (non-hydrogen) atoms. The third-order valence-electron chi connectivity index (χ3n) is 6.05. The minimum absolute atomic E-state index is 0.0363. The summed E-state index contributed by atoms with van der Waals surface area (Å²) < 4.78 is 35.0. The summed E-state index contributed by atoms with van der Waals surface area (Å²) in [6.45, 7) is 7.81. The number of hydrogen-bond acceptors (Lipinski definition) is 6. The molecule has 1 aromatic rings. The fraction of sp³-hybridized carbons (Fsp3) is 0.783. The minimum atomic E-state index is -2.53. The highest BCUT2D eigenvalue weighted by molar-refractivity contribution is 5.68. The second kappa shape index (κ2) is 11.2. The van der Waals surface area contributed by atoms with Gasteiger partial charge in [0.2, 0.25) is 0 Å². The fourth-order valence-corrected chi connectivity index (χ4v) is 4.37. The first-order valence-corrected chi connectivity index (χ1v) is 11.7. The van der Waals surface area contributed by atoms with Gasteiger partial charge in [-0.15, -0.1) is 0 Å². The molecule has 1 amide bonds. The maximum absolute atomic E-state index is 12.3. The van der Waals surface area contributed by atoms with Gasteiger partial charge in [-0.3, -0.25) is 0 Å². The van der Waals surface area contributed by atoms with Crippen LogP contribution >= 0.6 is 0 Å². The van der Waals surface area contributed by atoms with Gasteiger partial charge in [-0.25, -0.2) is 18.6 Å². The number of hydrogen-bond donors (Lipinski definition) is 1. The van der Waals surface area contributed by atoms with Crippen LogP contribution in [-0.2, 0) is 17.6 Å². The lowest BCUT2D eigenvalue weighted by molar-refractivity contribution is 0.0486. The predicted molar refractivity (Wildman–Crippen MR) is 117 cm³/mol. The molecule has 0 radical (unpaired) electrons. The van der Waals surface area contributed by atoms with E-state index >= 15 is 0 Å². The SMILES string of the molecule is CC(C)(C)OC(=O)NC1CCC(CCN2CCc3cnc(OCC(F)F)nc3CC2)CC1. The Bertz CT molecular complexity index is 749. The number of amides is 1. The van der Waals surface area contributed by atoms with Crippen molar-refractivity contribution in [3.05, 3.63) is 17.5 Å². The molecule has 9 heteroatoms. The van der Waals surface area contributed by atoms with Crippen molar-refractivity contribution >= 4 is 6.09 Å². The van der Waals surface area contributed by atoms with E-state index in [1.807, 2.05) is 20.8 Å². The van der Waals surface area contributed by atoms with Gasteiger partial charge >= 0.3 is 12.1 Å². The third kappa shape index (κ3) is 8.15. The van der Waals surface area contributed by atoms with E-state index in [0.717, 1.165) is 75.8 Å². The van der Waals surface area contributed by atoms with Gasteiger partial charge in [0.25, 0.3) is 6.43 Å². The Hall–Kier alpha value is -2.03. The summed E-state index contributed by atoms with van der Waals surface area (Å²) >= 11 is 0. The summed E-state index contributed by atoms with van der Waals surface area (Å²) in [5, 5.41) is 3.00. The number of alkyl carbamates (subject to hydrolysis) is 1. The summed E-state index contributed by atoms with van der Waals surface area (Å²) in [6.07, 6.45) is 5.85. The summed E-state index contributed by atoms with van der Waals surface area (Å²) in [6, 6.07) is 0.239. The van der Waals surface area contributed by atoms with Crippen molar-refractivity contribution in [3.63, 3.8) is 0 Å². The fourth-order valence-electron chi connectivity index (χ4n) is 4.37. The van der Waals surface area contributed by atoms with Crippen LogP contribution in [0.25, 0.3) is 0 Å². The van der Waals surface area contributed by atoms with E-state index in [-0.39, 0.29) is 18.1 Å². The van der Waals surface area contributed by atoms with Crippen LogP contribution in [0.2, 0.25) is 0 Å². The zero-order valence-corrected chi connectivity index (χ0v) is 19.4. The number of ether oxygens (including phenoxy) is 2. The Morgan fingerprint density at radius 1 is 1.22 bits per heavy atom. The lowest BCUT2D eigenvalue weighted by Crippen LogP contribution is -2.41. The van der Waals surface area contributed by atoms with Gasteiger partial charge in [-0.05, 0) is 77.3 Å². The standard InChI is InChI=1S/C23H36F2N4O3/c1-23(2,3)32-22(30)27-18-6-4-16(5-7-18)8-11-29-12-9-17-14-26-21(31-15-20(24)25)28-19(17)10-13-29/h14,16,18,20H,4-13,15H2,1-3H3,(H,27,30). The number of nitrogens with one attached hydrogen (secondary N) is 1. The molecule has 2 heterocycles. The molecule has 1 fully saturated rings. The van der Waals surface area contributed by atoms with E-state index in [9.17, 15) is 13.6 Å². The van der Waals surface area contributed by atoms with E-state index in [2.05, 4.69) is 20.2 Å². The van der Waals surface area contributed by atoms with Gasteiger partial charge < -0.3 is 19.7 Å². The number of carbonyl (C=O) groups is 1. The van der Waals surface area contributed by atoms with Crippen LogP contribution in [0.15, 0.2) is 6.20 Å². The zero-order chi connectivity index (χ0) is 23.1. The maximum atomic E-state index is 12.3. The number of halogens is 2. The summed E-state index contributed by atoms with van der Waals surface area (Å²) in [7, 11) is 0. The smallest absolute Gasteiger partial charge is 0.407 e. The predicted octanol–water partition coefficient (Wildman–Crippen LogP) is 3.99. The van der Waals surface area contributed by atoms with Gasteiger partial charge in [0.1, 0.15) is 5.60 Å². The topological polar surface area (TPSA) is 76.6 Å². The number of alkyl halides is 2. The highest BCUT2D eigenvalue weighted by Crippen LogP contribution is 2.28. The zero-order valence-electron chi connectivity index (χ0n) is 19.4. The van der Waals surface area contributed by atoms with Crippen LogP contribution < -0.4 is 10.1 Å². The molecule has 7 nitrogen and oxygen atoms in total. The van der Waals surface area contributed by atoms with E-state index in [0.29, 0.717) is 5.92 Å². The molecule has 1 aromatic heterocycles. The van der Waals surface area contributed by atoms with Gasteiger partial charge in [-0.2, -0.15) is 4.98 Å². The Morgan fingerprint density at radius 3 is 2.62 bits per heavy atom. The first-order chi connectivity index (χ1) is 15.2. The van der Waals surface area contributed by atoms with Crippen molar-refractivity contribution < 1.29 is 23.0 Å². The molecule has 0 saturated heterocycles. The average molecular weight is 455 g/mol. The van der Waals surface area contributed by atoms with Crippen molar-refractivity contribution in [2.75, 3.05) is 26.2 Å². The van der Waals surface area contributed by atoms with E-state index in [1.54, 1.807) is 6.20 Å². The Kier molecular flexibility index (Phi) is 8.62. The Balaban J connectivity index is 1.37. The van der Waals surface area contributed by atoms with Crippen LogP contribution in [0.4, 0.5) is 13.6 Å². The lowest BCUT2D eigenvalue weighted by atomic mass is 9.84. The number of carbonyl (C=O) groups excluding carboxylic acids is 1. The molecule has 3 rings (SSSR count). The van der Waals surface area contributed by atoms with Crippen molar-refractivity contribution in [3.8, 4) is 6.01 Å². The van der Waals surface area contributed by atoms with E-state index in [4.69, 9.17) is 9.47 Å². The molecule has 1 aliphatic carbocycles. The molecule has 0 spiro atoms. The van der Waals surface area contributed by atoms with Crippen molar-refractivity contribution in [2.24, 2.45) is 5.92 Å². The molecule has 2 aliphatic rings. The van der Waals surface area contributed by atoms with Gasteiger partial charge in [0, 0.05) is 31.7 Å². The number of aromatic nitrogens is 2. The largest absolute Gasteiger partial charge is 0.457 e. The molecular weight excluding hydrogens is 418 g/mol. The molecule has 180 valence electrons. The molecule has 0 bridgehead atoms. The number of nitrogens with zero attached hydrogens (tertiary/aromatic N) is 3. The van der Waals surface area contributed by atoms with Crippen LogP contribution in [0.3, 0.4) is 0 Å². The lowest BCUT2D eigenvalue weighted by Gasteiger charge is -2.31. The van der Waals surface area contributed by atoms with Gasteiger partial charge in [0.05, 0.1) is 5.69 Å². The summed E-state index contributed by atoms with van der Waals surface area (Å²) in [4.78, 5) is 22.8. The number of fused-ring (bicyclic) bond motifs is 1. The normalized spacial score (nSPS) is 22.2.